The van der Waals surface area contributed by atoms with Crippen molar-refractivity contribution in [3.05, 3.63) is 29.7 Å². The van der Waals surface area contributed by atoms with Crippen LogP contribution >= 0.6 is 0 Å². The smallest absolute Gasteiger partial charge is 0.164 e. The minimum absolute atomic E-state index is 0.0198. The standard InChI is InChI=1S/C12H17O3/c1-4-15-11-7-5-6-10(9(2)8-13)12(11)14-3/h5-7,13H,4,8H2,1-3H3. The van der Waals surface area contributed by atoms with Gasteiger partial charge in [0.05, 0.1) is 20.3 Å². The predicted octanol–water partition coefficient (Wildman–Crippen LogP) is 2.03. The van der Waals surface area contributed by atoms with Gasteiger partial charge in [-0.2, -0.15) is 0 Å². The van der Waals surface area contributed by atoms with Crippen LogP contribution in [-0.4, -0.2) is 25.4 Å². The highest BCUT2D eigenvalue weighted by Gasteiger charge is 2.15. The number of ether oxygens (including phenoxy) is 2. The molecule has 0 saturated carbocycles. The maximum atomic E-state index is 9.10. The fraction of sp³-hybridized carbons (Fsp3) is 0.417. The van der Waals surface area contributed by atoms with Gasteiger partial charge in [-0.05, 0) is 13.0 Å². The van der Waals surface area contributed by atoms with Crippen molar-refractivity contribution in [1.82, 2.24) is 0 Å². The molecule has 0 aliphatic heterocycles. The van der Waals surface area contributed by atoms with E-state index in [0.717, 1.165) is 11.5 Å². The Bertz CT molecular complexity index is 310. The zero-order valence-corrected chi connectivity index (χ0v) is 9.41. The molecule has 0 fully saturated rings. The minimum atomic E-state index is 0.0198. The molecule has 0 aromatic heterocycles. The lowest BCUT2D eigenvalue weighted by Crippen LogP contribution is -2.04. The summed E-state index contributed by atoms with van der Waals surface area (Å²) in [6.45, 7) is 4.41. The van der Waals surface area contributed by atoms with Gasteiger partial charge in [-0.3, -0.25) is 0 Å². The van der Waals surface area contributed by atoms with Gasteiger partial charge in [0, 0.05) is 11.5 Å². The first-order valence-corrected chi connectivity index (χ1v) is 4.98. The summed E-state index contributed by atoms with van der Waals surface area (Å²) in [5.41, 5.74) is 0.894. The molecular formula is C12H17O3. The van der Waals surface area contributed by atoms with E-state index in [4.69, 9.17) is 14.6 Å². The zero-order valence-electron chi connectivity index (χ0n) is 9.41. The maximum Gasteiger partial charge on any atom is 0.164 e. The Kier molecular flexibility index (Phi) is 4.43. The second-order valence-corrected chi connectivity index (χ2v) is 3.21. The van der Waals surface area contributed by atoms with Gasteiger partial charge in [0.25, 0.3) is 0 Å². The first-order chi connectivity index (χ1) is 7.24. The van der Waals surface area contributed by atoms with E-state index in [9.17, 15) is 0 Å². The number of rotatable bonds is 5. The van der Waals surface area contributed by atoms with Gasteiger partial charge in [-0.25, -0.2) is 0 Å². The molecule has 1 aromatic carbocycles. The lowest BCUT2D eigenvalue weighted by molar-refractivity contribution is 0.301. The van der Waals surface area contributed by atoms with Crippen LogP contribution in [0.1, 0.15) is 19.4 Å². The van der Waals surface area contributed by atoms with Crippen LogP contribution in [0.25, 0.3) is 0 Å². The fourth-order valence-corrected chi connectivity index (χ4v) is 1.42. The molecule has 1 N–H and O–H groups in total. The number of aliphatic hydroxyl groups is 1. The van der Waals surface area contributed by atoms with Crippen LogP contribution in [0.2, 0.25) is 0 Å². The normalized spacial score (nSPS) is 10.5. The van der Waals surface area contributed by atoms with E-state index in [-0.39, 0.29) is 6.61 Å². The molecule has 1 radical (unpaired) electrons. The van der Waals surface area contributed by atoms with Crippen molar-refractivity contribution in [2.75, 3.05) is 20.3 Å². The van der Waals surface area contributed by atoms with Crippen molar-refractivity contribution in [2.24, 2.45) is 0 Å². The third kappa shape index (κ3) is 2.63. The van der Waals surface area contributed by atoms with Gasteiger partial charge in [0.2, 0.25) is 0 Å². The highest BCUT2D eigenvalue weighted by atomic mass is 16.5. The van der Waals surface area contributed by atoms with Gasteiger partial charge in [-0.15, -0.1) is 0 Å². The average Bonchev–Trinajstić information content (AvgIpc) is 2.28. The molecule has 0 saturated heterocycles. The quantitative estimate of drug-likeness (QED) is 0.806. The van der Waals surface area contributed by atoms with Crippen molar-refractivity contribution in [3.63, 3.8) is 0 Å². The lowest BCUT2D eigenvalue weighted by Gasteiger charge is -2.16. The summed E-state index contributed by atoms with van der Waals surface area (Å²) in [5, 5.41) is 9.10. The molecule has 0 heterocycles. The summed E-state index contributed by atoms with van der Waals surface area (Å²) in [5.74, 6) is 2.27. The van der Waals surface area contributed by atoms with Crippen LogP contribution in [0.3, 0.4) is 0 Å². The summed E-state index contributed by atoms with van der Waals surface area (Å²) in [4.78, 5) is 0. The summed E-state index contributed by atoms with van der Waals surface area (Å²) >= 11 is 0. The summed E-state index contributed by atoms with van der Waals surface area (Å²) in [6.07, 6.45) is 0. The first kappa shape index (κ1) is 11.9. The minimum Gasteiger partial charge on any atom is -0.493 e. The number of para-hydroxylation sites is 1. The van der Waals surface area contributed by atoms with Crippen molar-refractivity contribution in [2.45, 2.75) is 13.8 Å². The van der Waals surface area contributed by atoms with Gasteiger partial charge in [0.1, 0.15) is 0 Å². The molecule has 0 bridgehead atoms. The highest BCUT2D eigenvalue weighted by molar-refractivity contribution is 5.52. The largest absolute Gasteiger partial charge is 0.493 e. The molecule has 0 spiro atoms. The van der Waals surface area contributed by atoms with E-state index >= 15 is 0 Å². The van der Waals surface area contributed by atoms with Crippen LogP contribution in [0.15, 0.2) is 18.2 Å². The summed E-state index contributed by atoms with van der Waals surface area (Å²) < 4.78 is 10.7. The lowest BCUT2D eigenvalue weighted by atomic mass is 10.0. The van der Waals surface area contributed by atoms with E-state index in [1.54, 1.807) is 7.11 Å². The predicted molar refractivity (Wildman–Crippen MR) is 59.3 cm³/mol. The molecule has 0 aliphatic rings. The van der Waals surface area contributed by atoms with Crippen molar-refractivity contribution >= 4 is 0 Å². The zero-order chi connectivity index (χ0) is 11.3. The van der Waals surface area contributed by atoms with E-state index < -0.39 is 0 Å². The molecule has 1 aromatic rings. The van der Waals surface area contributed by atoms with E-state index in [2.05, 4.69) is 0 Å². The molecule has 0 amide bonds. The van der Waals surface area contributed by atoms with Crippen molar-refractivity contribution in [3.8, 4) is 11.5 Å². The Labute approximate surface area is 90.6 Å². The molecule has 15 heavy (non-hydrogen) atoms. The van der Waals surface area contributed by atoms with Gasteiger partial charge in [0.15, 0.2) is 11.5 Å². The molecule has 0 atom stereocenters. The molecule has 3 heteroatoms. The van der Waals surface area contributed by atoms with Crippen LogP contribution in [0.5, 0.6) is 11.5 Å². The topological polar surface area (TPSA) is 38.7 Å². The van der Waals surface area contributed by atoms with Crippen molar-refractivity contribution in [1.29, 1.82) is 0 Å². The van der Waals surface area contributed by atoms with Crippen LogP contribution in [0, 0.1) is 5.92 Å². The van der Waals surface area contributed by atoms with E-state index in [0.29, 0.717) is 18.1 Å². The second kappa shape index (κ2) is 5.61. The summed E-state index contributed by atoms with van der Waals surface area (Å²) in [6, 6.07) is 5.66. The Morgan fingerprint density at radius 3 is 2.67 bits per heavy atom. The number of hydrogen-bond donors (Lipinski definition) is 1. The second-order valence-electron chi connectivity index (χ2n) is 3.21. The third-order valence-corrected chi connectivity index (χ3v) is 2.18. The molecule has 1 rings (SSSR count). The first-order valence-electron chi connectivity index (χ1n) is 4.98. The Morgan fingerprint density at radius 1 is 1.40 bits per heavy atom. The fourth-order valence-electron chi connectivity index (χ4n) is 1.42. The Balaban J connectivity index is 3.09. The highest BCUT2D eigenvalue weighted by Crippen LogP contribution is 2.34. The van der Waals surface area contributed by atoms with Crippen LogP contribution in [-0.2, 0) is 0 Å². The van der Waals surface area contributed by atoms with Crippen LogP contribution < -0.4 is 9.47 Å². The maximum absolute atomic E-state index is 9.10. The molecule has 0 aliphatic carbocycles. The van der Waals surface area contributed by atoms with Crippen molar-refractivity contribution < 1.29 is 14.6 Å². The Morgan fingerprint density at radius 2 is 2.13 bits per heavy atom. The summed E-state index contributed by atoms with van der Waals surface area (Å²) in [7, 11) is 1.60. The molecule has 0 unspecified atom stereocenters. The van der Waals surface area contributed by atoms with E-state index in [1.807, 2.05) is 32.0 Å². The molecule has 83 valence electrons. The van der Waals surface area contributed by atoms with Gasteiger partial charge in [-0.1, -0.05) is 19.1 Å². The Hall–Kier alpha value is -1.22. The molecule has 3 nitrogen and oxygen atoms in total. The van der Waals surface area contributed by atoms with Crippen LogP contribution in [0.4, 0.5) is 0 Å². The number of aliphatic hydroxyl groups excluding tert-OH is 1. The average molecular weight is 209 g/mol. The van der Waals surface area contributed by atoms with Gasteiger partial charge >= 0.3 is 0 Å². The monoisotopic (exact) mass is 209 g/mol. The van der Waals surface area contributed by atoms with E-state index in [1.165, 1.54) is 0 Å². The molecular weight excluding hydrogens is 192 g/mol. The number of hydrogen-bond acceptors (Lipinski definition) is 3. The SMILES string of the molecule is CCOc1cccc([C](C)CO)c1OC. The number of benzene rings is 1. The number of methoxy groups -OCH3 is 1. The van der Waals surface area contributed by atoms with Gasteiger partial charge < -0.3 is 14.6 Å². The third-order valence-electron chi connectivity index (χ3n) is 2.18.